The van der Waals surface area contributed by atoms with Gasteiger partial charge in [0.15, 0.2) is 0 Å². The predicted molar refractivity (Wildman–Crippen MR) is 70.2 cm³/mol. The molecule has 0 spiro atoms. The minimum atomic E-state index is -4.31. The van der Waals surface area contributed by atoms with Crippen molar-refractivity contribution >= 4 is 11.6 Å². The van der Waals surface area contributed by atoms with Gasteiger partial charge in [0.1, 0.15) is 0 Å². The zero-order chi connectivity index (χ0) is 13.9. The molecule has 1 atom stereocenters. The van der Waals surface area contributed by atoms with Crippen LogP contribution in [0, 0.1) is 0 Å². The van der Waals surface area contributed by atoms with Crippen molar-refractivity contribution in [1.29, 1.82) is 0 Å². The lowest BCUT2D eigenvalue weighted by Gasteiger charge is -2.12. The van der Waals surface area contributed by atoms with Gasteiger partial charge in [0.25, 0.3) is 0 Å². The van der Waals surface area contributed by atoms with Gasteiger partial charge in [-0.2, -0.15) is 13.2 Å². The third-order valence-electron chi connectivity index (χ3n) is 2.86. The molecule has 100 valence electrons. The Morgan fingerprint density at radius 1 is 0.895 bits per heavy atom. The molecular weight excluding hydrogens is 273 g/mol. The molecule has 0 heterocycles. The molecule has 0 saturated heterocycles. The van der Waals surface area contributed by atoms with E-state index >= 15 is 0 Å². The smallest absolute Gasteiger partial charge is 0.166 e. The van der Waals surface area contributed by atoms with E-state index in [1.165, 1.54) is 12.1 Å². The van der Waals surface area contributed by atoms with E-state index in [9.17, 15) is 13.2 Å². The number of hydrogen-bond donors (Lipinski definition) is 0. The first-order valence-electron chi connectivity index (χ1n) is 5.82. The molecule has 0 nitrogen and oxygen atoms in total. The molecular formula is C15H12ClF3. The van der Waals surface area contributed by atoms with Gasteiger partial charge < -0.3 is 0 Å². The molecule has 2 aromatic carbocycles. The average Bonchev–Trinajstić information content (AvgIpc) is 2.39. The van der Waals surface area contributed by atoms with Crippen LogP contribution in [0.3, 0.4) is 0 Å². The van der Waals surface area contributed by atoms with Crippen LogP contribution in [-0.4, -0.2) is 0 Å². The number of benzene rings is 2. The van der Waals surface area contributed by atoms with E-state index in [1.54, 1.807) is 0 Å². The second-order valence-corrected chi connectivity index (χ2v) is 4.80. The Labute approximate surface area is 114 Å². The van der Waals surface area contributed by atoms with Gasteiger partial charge in [-0.15, -0.1) is 11.6 Å². The summed E-state index contributed by atoms with van der Waals surface area (Å²) in [5, 5.41) is -0.329. The monoisotopic (exact) mass is 284 g/mol. The van der Waals surface area contributed by atoms with Crippen molar-refractivity contribution in [3.8, 4) is 0 Å². The molecule has 19 heavy (non-hydrogen) atoms. The molecule has 0 aromatic heterocycles. The van der Waals surface area contributed by atoms with Crippen molar-refractivity contribution in [3.05, 3.63) is 71.3 Å². The highest BCUT2D eigenvalue weighted by molar-refractivity contribution is 6.20. The van der Waals surface area contributed by atoms with Crippen LogP contribution in [0.15, 0.2) is 54.6 Å². The van der Waals surface area contributed by atoms with Crippen LogP contribution < -0.4 is 0 Å². The fourth-order valence-electron chi connectivity index (χ4n) is 1.82. The third kappa shape index (κ3) is 3.74. The highest BCUT2D eigenvalue weighted by Gasteiger charge is 2.30. The van der Waals surface area contributed by atoms with E-state index in [1.807, 2.05) is 30.3 Å². The first kappa shape index (κ1) is 13.9. The van der Waals surface area contributed by atoms with Crippen LogP contribution in [0.1, 0.15) is 22.1 Å². The average molecular weight is 285 g/mol. The summed E-state index contributed by atoms with van der Waals surface area (Å²) in [6, 6.07) is 14.6. The molecule has 0 fully saturated rings. The summed E-state index contributed by atoms with van der Waals surface area (Å²) in [4.78, 5) is 0. The first-order valence-corrected chi connectivity index (χ1v) is 6.25. The largest absolute Gasteiger partial charge is 0.416 e. The molecule has 0 aliphatic heterocycles. The SMILES string of the molecule is FC(F)(F)c1ccc(C(Cl)Cc2ccccc2)cc1. The Balaban J connectivity index is 2.10. The first-order chi connectivity index (χ1) is 8.97. The molecule has 4 heteroatoms. The normalized spacial score (nSPS) is 13.3. The van der Waals surface area contributed by atoms with E-state index in [-0.39, 0.29) is 5.38 Å². The minimum Gasteiger partial charge on any atom is -0.166 e. The second-order valence-electron chi connectivity index (χ2n) is 4.28. The molecule has 0 saturated carbocycles. The Morgan fingerprint density at radius 2 is 1.47 bits per heavy atom. The lowest BCUT2D eigenvalue weighted by atomic mass is 10.0. The van der Waals surface area contributed by atoms with Gasteiger partial charge >= 0.3 is 6.18 Å². The molecule has 0 amide bonds. The van der Waals surface area contributed by atoms with Gasteiger partial charge in [-0.05, 0) is 29.7 Å². The second kappa shape index (κ2) is 5.66. The summed E-state index contributed by atoms with van der Waals surface area (Å²) in [5.74, 6) is 0. The number of rotatable bonds is 3. The minimum absolute atomic E-state index is 0.329. The lowest BCUT2D eigenvalue weighted by molar-refractivity contribution is -0.137. The molecule has 0 aliphatic rings. The van der Waals surface area contributed by atoms with Crippen LogP contribution >= 0.6 is 11.6 Å². The quantitative estimate of drug-likeness (QED) is 0.677. The molecule has 0 radical (unpaired) electrons. The van der Waals surface area contributed by atoms with E-state index in [0.717, 1.165) is 17.7 Å². The van der Waals surface area contributed by atoms with Gasteiger partial charge in [0.2, 0.25) is 0 Å². The Kier molecular flexibility index (Phi) is 4.15. The van der Waals surface area contributed by atoms with Gasteiger partial charge in [-0.1, -0.05) is 42.5 Å². The number of alkyl halides is 4. The van der Waals surface area contributed by atoms with E-state index in [4.69, 9.17) is 11.6 Å². The maximum absolute atomic E-state index is 12.4. The van der Waals surface area contributed by atoms with Crippen LogP contribution in [-0.2, 0) is 12.6 Å². The molecule has 0 bridgehead atoms. The van der Waals surface area contributed by atoms with Gasteiger partial charge in [-0.3, -0.25) is 0 Å². The maximum Gasteiger partial charge on any atom is 0.416 e. The third-order valence-corrected chi connectivity index (χ3v) is 3.26. The number of hydrogen-bond acceptors (Lipinski definition) is 0. The Hall–Kier alpha value is -1.48. The summed E-state index contributed by atoms with van der Waals surface area (Å²) in [5.41, 5.74) is 1.10. The van der Waals surface area contributed by atoms with Crippen LogP contribution in [0.25, 0.3) is 0 Å². The van der Waals surface area contributed by atoms with Crippen molar-refractivity contribution < 1.29 is 13.2 Å². The van der Waals surface area contributed by atoms with E-state index in [0.29, 0.717) is 12.0 Å². The summed E-state index contributed by atoms with van der Waals surface area (Å²) >= 11 is 6.23. The fraction of sp³-hybridized carbons (Fsp3) is 0.200. The predicted octanol–water partition coefficient (Wildman–Crippen LogP) is 5.23. The van der Waals surface area contributed by atoms with Gasteiger partial charge in [-0.25, -0.2) is 0 Å². The highest BCUT2D eigenvalue weighted by Crippen LogP contribution is 2.31. The van der Waals surface area contributed by atoms with Crippen molar-refractivity contribution in [2.24, 2.45) is 0 Å². The van der Waals surface area contributed by atoms with Crippen molar-refractivity contribution in [3.63, 3.8) is 0 Å². The molecule has 0 aliphatic carbocycles. The maximum atomic E-state index is 12.4. The molecule has 2 rings (SSSR count). The zero-order valence-electron chi connectivity index (χ0n) is 9.99. The summed E-state index contributed by atoms with van der Waals surface area (Å²) in [7, 11) is 0. The van der Waals surface area contributed by atoms with Gasteiger partial charge in [0.05, 0.1) is 10.9 Å². The molecule has 2 aromatic rings. The van der Waals surface area contributed by atoms with Crippen molar-refractivity contribution in [2.75, 3.05) is 0 Å². The number of halogens is 4. The van der Waals surface area contributed by atoms with Crippen molar-refractivity contribution in [2.45, 2.75) is 18.0 Å². The zero-order valence-corrected chi connectivity index (χ0v) is 10.7. The topological polar surface area (TPSA) is 0 Å². The van der Waals surface area contributed by atoms with Crippen LogP contribution in [0.2, 0.25) is 0 Å². The lowest BCUT2D eigenvalue weighted by Crippen LogP contribution is -2.05. The summed E-state index contributed by atoms with van der Waals surface area (Å²) in [6.45, 7) is 0. The van der Waals surface area contributed by atoms with E-state index in [2.05, 4.69) is 0 Å². The molecule has 0 N–H and O–H groups in total. The van der Waals surface area contributed by atoms with Crippen molar-refractivity contribution in [1.82, 2.24) is 0 Å². The summed E-state index contributed by atoms with van der Waals surface area (Å²) in [6.07, 6.45) is -3.71. The molecule has 1 unspecified atom stereocenters. The Morgan fingerprint density at radius 3 is 2.00 bits per heavy atom. The highest BCUT2D eigenvalue weighted by atomic mass is 35.5. The standard InChI is InChI=1S/C15H12ClF3/c16-14(10-11-4-2-1-3-5-11)12-6-8-13(9-7-12)15(17,18)19/h1-9,14H,10H2. The summed E-state index contributed by atoms with van der Waals surface area (Å²) < 4.78 is 37.3. The van der Waals surface area contributed by atoms with E-state index < -0.39 is 11.7 Å². The van der Waals surface area contributed by atoms with Crippen LogP contribution in [0.5, 0.6) is 0 Å². The fourth-order valence-corrected chi connectivity index (χ4v) is 2.14. The van der Waals surface area contributed by atoms with Crippen LogP contribution in [0.4, 0.5) is 13.2 Å². The Bertz CT molecular complexity index is 517. The van der Waals surface area contributed by atoms with Gasteiger partial charge in [0, 0.05) is 0 Å².